The Morgan fingerprint density at radius 2 is 2.07 bits per heavy atom. The molecule has 0 atom stereocenters. The van der Waals surface area contributed by atoms with E-state index in [0.29, 0.717) is 17.1 Å². The first-order valence-electron chi connectivity index (χ1n) is 8.84. The largest absolute Gasteiger partial charge is 0.497 e. The van der Waals surface area contributed by atoms with Crippen molar-refractivity contribution in [2.75, 3.05) is 12.4 Å². The van der Waals surface area contributed by atoms with Gasteiger partial charge in [-0.2, -0.15) is 0 Å². The zero-order valence-electron chi connectivity index (χ0n) is 15.5. The van der Waals surface area contributed by atoms with Crippen molar-refractivity contribution in [2.45, 2.75) is 12.8 Å². The van der Waals surface area contributed by atoms with E-state index in [1.54, 1.807) is 19.5 Å². The van der Waals surface area contributed by atoms with Crippen LogP contribution in [0.4, 0.5) is 13.9 Å². The smallest absolute Gasteiger partial charge is 0.230 e. The van der Waals surface area contributed by atoms with Gasteiger partial charge in [-0.25, -0.2) is 13.8 Å². The lowest BCUT2D eigenvalue weighted by Gasteiger charge is -2.03. The summed E-state index contributed by atoms with van der Waals surface area (Å²) in [5, 5.41) is 4.18. The highest BCUT2D eigenvalue weighted by atomic mass is 32.1. The molecule has 0 spiro atoms. The molecule has 2 heterocycles. The van der Waals surface area contributed by atoms with E-state index in [-0.39, 0.29) is 12.3 Å². The molecular formula is C21H17F2N3O2S. The zero-order valence-corrected chi connectivity index (χ0v) is 16.3. The fourth-order valence-electron chi connectivity index (χ4n) is 3.06. The van der Waals surface area contributed by atoms with E-state index in [4.69, 9.17) is 4.74 Å². The first-order chi connectivity index (χ1) is 14.0. The second-order valence-electron chi connectivity index (χ2n) is 6.51. The SMILES string of the molecule is COc1ccc2[nH]cc(CC(=O)Nc3ncc(Cc4ccc(F)c(F)c4)s3)c2c1. The van der Waals surface area contributed by atoms with Gasteiger partial charge in [0.1, 0.15) is 5.75 Å². The summed E-state index contributed by atoms with van der Waals surface area (Å²) in [4.78, 5) is 20.6. The molecule has 0 saturated heterocycles. The average Bonchev–Trinajstić information content (AvgIpc) is 3.31. The summed E-state index contributed by atoms with van der Waals surface area (Å²) < 4.78 is 31.6. The molecule has 0 aliphatic rings. The van der Waals surface area contributed by atoms with Crippen LogP contribution < -0.4 is 10.1 Å². The van der Waals surface area contributed by atoms with Gasteiger partial charge in [-0.1, -0.05) is 6.07 Å². The Morgan fingerprint density at radius 1 is 1.21 bits per heavy atom. The highest BCUT2D eigenvalue weighted by molar-refractivity contribution is 7.15. The maximum absolute atomic E-state index is 13.3. The van der Waals surface area contributed by atoms with Gasteiger partial charge < -0.3 is 15.0 Å². The molecular weight excluding hydrogens is 396 g/mol. The van der Waals surface area contributed by atoms with Crippen molar-refractivity contribution in [1.29, 1.82) is 0 Å². The molecule has 29 heavy (non-hydrogen) atoms. The Hall–Kier alpha value is -3.26. The number of hydrogen-bond donors (Lipinski definition) is 2. The minimum atomic E-state index is -0.879. The zero-order chi connectivity index (χ0) is 20.4. The van der Waals surface area contributed by atoms with Crippen molar-refractivity contribution in [1.82, 2.24) is 9.97 Å². The Kier molecular flexibility index (Phi) is 5.26. The summed E-state index contributed by atoms with van der Waals surface area (Å²) in [6, 6.07) is 9.44. The maximum Gasteiger partial charge on any atom is 0.230 e. The van der Waals surface area contributed by atoms with Crippen LogP contribution in [-0.4, -0.2) is 23.0 Å². The summed E-state index contributed by atoms with van der Waals surface area (Å²) in [6.45, 7) is 0. The van der Waals surface area contributed by atoms with E-state index < -0.39 is 11.6 Å². The van der Waals surface area contributed by atoms with Crippen molar-refractivity contribution in [3.63, 3.8) is 0 Å². The van der Waals surface area contributed by atoms with Gasteiger partial charge in [-0.05, 0) is 41.5 Å². The number of amides is 1. The van der Waals surface area contributed by atoms with Gasteiger partial charge >= 0.3 is 0 Å². The third-order valence-electron chi connectivity index (χ3n) is 4.49. The number of anilines is 1. The van der Waals surface area contributed by atoms with Crippen LogP contribution in [-0.2, 0) is 17.6 Å². The molecule has 4 rings (SSSR count). The minimum absolute atomic E-state index is 0.186. The fourth-order valence-corrected chi connectivity index (χ4v) is 3.93. The highest BCUT2D eigenvalue weighted by Crippen LogP contribution is 2.25. The number of thiazole rings is 1. The van der Waals surface area contributed by atoms with Gasteiger partial charge in [0, 0.05) is 34.6 Å². The lowest BCUT2D eigenvalue weighted by Crippen LogP contribution is -2.13. The number of H-pyrrole nitrogens is 1. The molecule has 4 aromatic rings. The number of benzene rings is 2. The highest BCUT2D eigenvalue weighted by Gasteiger charge is 2.12. The molecule has 1 amide bonds. The maximum atomic E-state index is 13.3. The van der Waals surface area contributed by atoms with Gasteiger partial charge in [0.25, 0.3) is 0 Å². The van der Waals surface area contributed by atoms with Crippen molar-refractivity contribution >= 4 is 33.3 Å². The number of halogens is 2. The van der Waals surface area contributed by atoms with Gasteiger partial charge in [0.2, 0.25) is 5.91 Å². The van der Waals surface area contributed by atoms with Crippen LogP contribution in [0.25, 0.3) is 10.9 Å². The van der Waals surface area contributed by atoms with Crippen molar-refractivity contribution in [3.8, 4) is 5.75 Å². The van der Waals surface area contributed by atoms with Crippen LogP contribution in [0, 0.1) is 11.6 Å². The molecule has 0 saturated carbocycles. The van der Waals surface area contributed by atoms with Gasteiger partial charge in [0.15, 0.2) is 16.8 Å². The first-order valence-corrected chi connectivity index (χ1v) is 9.66. The molecule has 0 aliphatic heterocycles. The number of hydrogen-bond acceptors (Lipinski definition) is 4. The van der Waals surface area contributed by atoms with Crippen LogP contribution in [0.1, 0.15) is 16.0 Å². The number of methoxy groups -OCH3 is 1. The predicted octanol–water partition coefficient (Wildman–Crippen LogP) is 4.68. The minimum Gasteiger partial charge on any atom is -0.497 e. The Balaban J connectivity index is 1.42. The molecule has 2 N–H and O–H groups in total. The van der Waals surface area contributed by atoms with E-state index in [1.807, 2.05) is 18.2 Å². The Bertz CT molecular complexity index is 1190. The molecule has 2 aromatic carbocycles. The fraction of sp³-hybridized carbons (Fsp3) is 0.143. The summed E-state index contributed by atoms with van der Waals surface area (Å²) in [5.74, 6) is -1.22. The van der Waals surface area contributed by atoms with Gasteiger partial charge in [-0.3, -0.25) is 4.79 Å². The van der Waals surface area contributed by atoms with Crippen LogP contribution in [0.5, 0.6) is 5.75 Å². The number of nitrogens with zero attached hydrogens (tertiary/aromatic N) is 1. The molecule has 0 fully saturated rings. The van der Waals surface area contributed by atoms with Gasteiger partial charge in [-0.15, -0.1) is 11.3 Å². The molecule has 0 radical (unpaired) electrons. The number of carbonyl (C=O) groups excluding carboxylic acids is 1. The normalized spacial score (nSPS) is 11.0. The van der Waals surface area contributed by atoms with Crippen LogP contribution in [0.3, 0.4) is 0 Å². The van der Waals surface area contributed by atoms with E-state index in [0.717, 1.165) is 33.2 Å². The average molecular weight is 413 g/mol. The van der Waals surface area contributed by atoms with Crippen LogP contribution in [0.2, 0.25) is 0 Å². The summed E-state index contributed by atoms with van der Waals surface area (Å²) in [6.07, 6.45) is 4.02. The molecule has 148 valence electrons. The topological polar surface area (TPSA) is 67.0 Å². The molecule has 8 heteroatoms. The van der Waals surface area contributed by atoms with Crippen molar-refractivity contribution in [3.05, 3.63) is 76.4 Å². The van der Waals surface area contributed by atoms with Crippen molar-refractivity contribution in [2.24, 2.45) is 0 Å². The lowest BCUT2D eigenvalue weighted by molar-refractivity contribution is -0.115. The molecule has 0 bridgehead atoms. The number of aromatic nitrogens is 2. The Labute approximate surface area is 169 Å². The summed E-state index contributed by atoms with van der Waals surface area (Å²) in [5.41, 5.74) is 2.42. The van der Waals surface area contributed by atoms with Crippen LogP contribution >= 0.6 is 11.3 Å². The third kappa shape index (κ3) is 4.27. The second kappa shape index (κ2) is 8.00. The molecule has 2 aromatic heterocycles. The third-order valence-corrected chi connectivity index (χ3v) is 5.40. The summed E-state index contributed by atoms with van der Waals surface area (Å²) in [7, 11) is 1.60. The summed E-state index contributed by atoms with van der Waals surface area (Å²) >= 11 is 1.30. The number of aromatic amines is 1. The predicted molar refractivity (Wildman–Crippen MR) is 108 cm³/mol. The van der Waals surface area contributed by atoms with Crippen molar-refractivity contribution < 1.29 is 18.3 Å². The number of nitrogens with one attached hydrogen (secondary N) is 2. The standard InChI is InChI=1S/C21H17F2N3O2S/c1-28-14-3-5-19-16(9-14)13(10-24-19)8-20(27)26-21-25-11-15(29-21)6-12-2-4-17(22)18(23)7-12/h2-5,7,9-11,24H,6,8H2,1H3,(H,25,26,27). The molecule has 5 nitrogen and oxygen atoms in total. The number of carbonyl (C=O) groups is 1. The van der Waals surface area contributed by atoms with E-state index in [9.17, 15) is 13.6 Å². The van der Waals surface area contributed by atoms with E-state index >= 15 is 0 Å². The van der Waals surface area contributed by atoms with E-state index in [2.05, 4.69) is 15.3 Å². The van der Waals surface area contributed by atoms with Gasteiger partial charge in [0.05, 0.1) is 13.5 Å². The monoisotopic (exact) mass is 413 g/mol. The van der Waals surface area contributed by atoms with E-state index in [1.165, 1.54) is 23.5 Å². The quantitative estimate of drug-likeness (QED) is 0.482. The number of fused-ring (bicyclic) bond motifs is 1. The number of ether oxygens (including phenoxy) is 1. The van der Waals surface area contributed by atoms with Crippen LogP contribution in [0.15, 0.2) is 48.8 Å². The first kappa shape index (κ1) is 19.1. The number of rotatable bonds is 6. The Morgan fingerprint density at radius 3 is 2.86 bits per heavy atom. The lowest BCUT2D eigenvalue weighted by atomic mass is 10.1. The second-order valence-corrected chi connectivity index (χ2v) is 7.62. The molecule has 0 aliphatic carbocycles. The molecule has 0 unspecified atom stereocenters.